The van der Waals surface area contributed by atoms with E-state index in [1.54, 1.807) is 0 Å². The van der Waals surface area contributed by atoms with Crippen LogP contribution in [0.2, 0.25) is 0 Å². The van der Waals surface area contributed by atoms with E-state index in [4.69, 9.17) is 4.74 Å². The number of rotatable bonds is 4. The van der Waals surface area contributed by atoms with Gasteiger partial charge >= 0.3 is 25.6 Å². The number of carbonyl (C=O) groups is 1. The summed E-state index contributed by atoms with van der Waals surface area (Å²) in [4.78, 5) is 14.0. The van der Waals surface area contributed by atoms with Crippen molar-refractivity contribution in [3.63, 3.8) is 0 Å². The summed E-state index contributed by atoms with van der Waals surface area (Å²) in [5.41, 5.74) is -0.431. The zero-order chi connectivity index (χ0) is 14.5. The maximum absolute atomic E-state index is 11.7. The third kappa shape index (κ3) is 7.03. The Bertz CT molecular complexity index is 280. The average Bonchev–Trinajstić information content (AvgIpc) is 2.30. The number of hydrogen-bond acceptors (Lipinski definition) is 3. The number of hydrogen-bond donors (Lipinski definition) is 1. The molecule has 0 aromatic heterocycles. The number of nitrogens with one attached hydrogen (secondary N) is 1. The molecule has 0 saturated heterocycles. The Hall–Kier alpha value is -0.147. The van der Waals surface area contributed by atoms with Crippen LogP contribution in [0, 0.1) is 13.8 Å². The topological polar surface area (TPSA) is 41.6 Å². The van der Waals surface area contributed by atoms with E-state index in [2.05, 4.69) is 24.1 Å². The molecule has 0 bridgehead atoms. The Morgan fingerprint density at radius 3 is 2.10 bits per heavy atom. The van der Waals surface area contributed by atoms with Crippen LogP contribution in [-0.4, -0.2) is 41.8 Å². The zero-order valence-corrected chi connectivity index (χ0v) is 16.2. The van der Waals surface area contributed by atoms with Gasteiger partial charge < -0.3 is 28.8 Å². The zero-order valence-electron chi connectivity index (χ0n) is 13.3. The summed E-state index contributed by atoms with van der Waals surface area (Å²) in [7, 11) is 0. The minimum Gasteiger partial charge on any atom is -0.444 e. The average molecular weight is 334 g/mol. The van der Waals surface area contributed by atoms with Gasteiger partial charge in [-0.15, -0.1) is 13.1 Å². The molecule has 5 heteroatoms. The standard InChI is InChI=1S/C15H28N2O2.Zn/c1-6-17(7-2)13-10-8-12(9-11-13)16-14(18)19-15(3,4)5;/h12-13H,1-2,6-11H2,3-5H3,(H,16,18);/q-2;+2. The monoisotopic (exact) mass is 332 g/mol. The number of carbonyl (C=O) groups excluding carboxylic acids is 1. The largest absolute Gasteiger partial charge is 2.00 e. The first kappa shape index (κ1) is 19.9. The molecule has 0 spiro atoms. The molecule has 1 N–H and O–H groups in total. The molecule has 1 aliphatic carbocycles. The minimum atomic E-state index is -0.431. The van der Waals surface area contributed by atoms with Gasteiger partial charge in [-0.25, -0.2) is 4.79 Å². The van der Waals surface area contributed by atoms with E-state index in [0.29, 0.717) is 6.04 Å². The number of nitrogens with zero attached hydrogens (tertiary/aromatic N) is 1. The molecule has 1 fully saturated rings. The quantitative estimate of drug-likeness (QED) is 0.635. The van der Waals surface area contributed by atoms with Crippen LogP contribution >= 0.6 is 0 Å². The summed E-state index contributed by atoms with van der Waals surface area (Å²) in [6.07, 6.45) is 3.87. The predicted octanol–water partition coefficient (Wildman–Crippen LogP) is 2.79. The molecule has 1 amide bonds. The van der Waals surface area contributed by atoms with Gasteiger partial charge in [0.05, 0.1) is 0 Å². The van der Waals surface area contributed by atoms with E-state index < -0.39 is 5.60 Å². The Morgan fingerprint density at radius 1 is 1.20 bits per heavy atom. The first-order valence-corrected chi connectivity index (χ1v) is 7.17. The van der Waals surface area contributed by atoms with Gasteiger partial charge in [-0.3, -0.25) is 0 Å². The number of alkyl carbamates (subject to hydrolysis) is 1. The van der Waals surface area contributed by atoms with Crippen LogP contribution < -0.4 is 5.32 Å². The minimum absolute atomic E-state index is 0. The van der Waals surface area contributed by atoms with Gasteiger partial charge in [0.2, 0.25) is 0 Å². The van der Waals surface area contributed by atoms with E-state index in [1.807, 2.05) is 20.8 Å². The summed E-state index contributed by atoms with van der Waals surface area (Å²) in [6.45, 7) is 15.1. The van der Waals surface area contributed by atoms with E-state index >= 15 is 0 Å². The molecule has 1 rings (SSSR count). The van der Waals surface area contributed by atoms with Crippen molar-refractivity contribution >= 4 is 6.09 Å². The summed E-state index contributed by atoms with van der Waals surface area (Å²) in [6, 6.07) is 0.800. The summed E-state index contributed by atoms with van der Waals surface area (Å²) in [5.74, 6) is 0. The van der Waals surface area contributed by atoms with Crippen molar-refractivity contribution in [1.29, 1.82) is 0 Å². The van der Waals surface area contributed by atoms with Gasteiger partial charge in [0.1, 0.15) is 5.60 Å². The van der Waals surface area contributed by atoms with Crippen molar-refractivity contribution in [3.05, 3.63) is 13.8 Å². The van der Waals surface area contributed by atoms with Crippen molar-refractivity contribution < 1.29 is 29.0 Å². The molecule has 0 aromatic rings. The molecule has 0 heterocycles. The third-order valence-corrected chi connectivity index (χ3v) is 3.51. The first-order chi connectivity index (χ1) is 8.85. The predicted molar refractivity (Wildman–Crippen MR) is 77.7 cm³/mol. The second kappa shape index (κ2) is 8.99. The normalized spacial score (nSPS) is 23.1. The Labute approximate surface area is 136 Å². The molecular formula is C15H28N2O2Zn. The maximum Gasteiger partial charge on any atom is 2.00 e. The number of ether oxygens (including phenoxy) is 1. The molecule has 20 heavy (non-hydrogen) atoms. The van der Waals surface area contributed by atoms with E-state index in [-0.39, 0.29) is 31.6 Å². The second-order valence-electron chi connectivity index (χ2n) is 6.19. The van der Waals surface area contributed by atoms with Gasteiger partial charge in [0.15, 0.2) is 0 Å². The van der Waals surface area contributed by atoms with Gasteiger partial charge in [-0.1, -0.05) is 0 Å². The first-order valence-electron chi connectivity index (χ1n) is 7.17. The van der Waals surface area contributed by atoms with Crippen LogP contribution in [0.4, 0.5) is 4.79 Å². The molecule has 0 atom stereocenters. The number of amides is 1. The molecule has 4 nitrogen and oxygen atoms in total. The summed E-state index contributed by atoms with van der Waals surface area (Å²) in [5, 5.41) is 2.96. The van der Waals surface area contributed by atoms with Crippen LogP contribution in [-0.2, 0) is 24.2 Å². The van der Waals surface area contributed by atoms with Gasteiger partial charge in [0.25, 0.3) is 0 Å². The molecule has 1 saturated carbocycles. The fourth-order valence-corrected chi connectivity index (χ4v) is 2.54. The smallest absolute Gasteiger partial charge is 0.444 e. The molecule has 112 valence electrons. The second-order valence-corrected chi connectivity index (χ2v) is 6.19. The van der Waals surface area contributed by atoms with Crippen molar-refractivity contribution in [3.8, 4) is 0 Å². The Kier molecular flexibility index (Phi) is 8.92. The summed E-state index contributed by atoms with van der Waals surface area (Å²) < 4.78 is 5.28. The molecule has 0 radical (unpaired) electrons. The van der Waals surface area contributed by atoms with Crippen molar-refractivity contribution in [2.45, 2.75) is 64.1 Å². The Balaban J connectivity index is 0.00000361. The fourth-order valence-electron chi connectivity index (χ4n) is 2.54. The summed E-state index contributed by atoms with van der Waals surface area (Å²) >= 11 is 0. The van der Waals surface area contributed by atoms with Gasteiger partial charge in [-0.2, -0.15) is 0 Å². The van der Waals surface area contributed by atoms with E-state index in [9.17, 15) is 4.79 Å². The van der Waals surface area contributed by atoms with Gasteiger partial charge in [-0.05, 0) is 46.5 Å². The molecule has 0 unspecified atom stereocenters. The van der Waals surface area contributed by atoms with Crippen LogP contribution in [0.3, 0.4) is 0 Å². The third-order valence-electron chi connectivity index (χ3n) is 3.51. The van der Waals surface area contributed by atoms with Crippen LogP contribution in [0.1, 0.15) is 46.5 Å². The Morgan fingerprint density at radius 2 is 1.70 bits per heavy atom. The van der Waals surface area contributed by atoms with Crippen molar-refractivity contribution in [1.82, 2.24) is 10.2 Å². The molecule has 0 aromatic carbocycles. The van der Waals surface area contributed by atoms with Crippen LogP contribution in [0.25, 0.3) is 0 Å². The molecule has 1 aliphatic rings. The maximum atomic E-state index is 11.7. The van der Waals surface area contributed by atoms with Gasteiger partial charge in [0, 0.05) is 12.1 Å². The fraction of sp³-hybridized carbons (Fsp3) is 0.800. The van der Waals surface area contributed by atoms with Crippen LogP contribution in [0.15, 0.2) is 0 Å². The molecular weight excluding hydrogens is 306 g/mol. The van der Waals surface area contributed by atoms with Crippen LogP contribution in [0.5, 0.6) is 0 Å². The van der Waals surface area contributed by atoms with E-state index in [0.717, 1.165) is 38.8 Å². The molecule has 0 aliphatic heterocycles. The SMILES string of the molecule is [CH2-]CN(C[CH2-])C1CCC(NC(=O)OC(C)(C)C)CC1.[Zn+2]. The van der Waals surface area contributed by atoms with E-state index in [1.165, 1.54) is 0 Å². The van der Waals surface area contributed by atoms with Crippen molar-refractivity contribution in [2.75, 3.05) is 13.1 Å². The van der Waals surface area contributed by atoms with Crippen molar-refractivity contribution in [2.24, 2.45) is 0 Å².